The molecule has 0 fully saturated rings. The minimum atomic E-state index is -0.443. The van der Waals surface area contributed by atoms with Gasteiger partial charge in [0.15, 0.2) is 0 Å². The maximum Gasteiger partial charge on any atom is 0.320 e. The first-order valence-electron chi connectivity index (χ1n) is 5.88. The molecule has 0 unspecified atom stereocenters. The van der Waals surface area contributed by atoms with E-state index in [0.29, 0.717) is 19.7 Å². The molecule has 100 valence electrons. The van der Waals surface area contributed by atoms with Crippen molar-refractivity contribution >= 4 is 17.6 Å². The zero-order chi connectivity index (χ0) is 13.5. The van der Waals surface area contributed by atoms with Crippen LogP contribution >= 0.6 is 11.6 Å². The van der Waals surface area contributed by atoms with Gasteiger partial charge in [0.2, 0.25) is 0 Å². The van der Waals surface area contributed by atoms with Crippen molar-refractivity contribution in [1.82, 2.24) is 4.90 Å². The number of likely N-dealkylation sites (N-methyl/N-ethyl adjacent to an activating group) is 1. The minimum Gasteiger partial charge on any atom is -0.465 e. The second-order valence-electron chi connectivity index (χ2n) is 3.86. The van der Waals surface area contributed by atoms with Crippen LogP contribution in [0.5, 0.6) is 0 Å². The minimum absolute atomic E-state index is 0.104. The highest BCUT2D eigenvalue weighted by Gasteiger charge is 2.11. The van der Waals surface area contributed by atoms with Crippen LogP contribution in [0.4, 0.5) is 4.39 Å². The lowest BCUT2D eigenvalue weighted by atomic mass is 10.2. The van der Waals surface area contributed by atoms with Gasteiger partial charge in [0.1, 0.15) is 5.82 Å². The van der Waals surface area contributed by atoms with Crippen molar-refractivity contribution < 1.29 is 13.9 Å². The Labute approximate surface area is 111 Å². The molecule has 0 heterocycles. The van der Waals surface area contributed by atoms with Crippen molar-refractivity contribution in [1.29, 1.82) is 0 Å². The molecule has 0 bridgehead atoms. The maximum atomic E-state index is 13.3. The second-order valence-corrected chi connectivity index (χ2v) is 4.26. The Bertz CT molecular complexity index is 412. The molecule has 5 heteroatoms. The Morgan fingerprint density at radius 2 is 2.17 bits per heavy atom. The molecular formula is C13H17ClFNO2. The van der Waals surface area contributed by atoms with Crippen LogP contribution in [0.1, 0.15) is 19.4 Å². The first kappa shape index (κ1) is 14.9. The van der Waals surface area contributed by atoms with E-state index in [0.717, 1.165) is 5.56 Å². The van der Waals surface area contributed by atoms with Gasteiger partial charge in [-0.1, -0.05) is 24.6 Å². The first-order valence-corrected chi connectivity index (χ1v) is 6.26. The molecule has 3 nitrogen and oxygen atoms in total. The lowest BCUT2D eigenvalue weighted by Gasteiger charge is -2.19. The number of ether oxygens (including phenoxy) is 1. The van der Waals surface area contributed by atoms with Crippen LogP contribution < -0.4 is 0 Å². The summed E-state index contributed by atoms with van der Waals surface area (Å²) in [6.07, 6.45) is 0. The molecule has 0 amide bonds. The van der Waals surface area contributed by atoms with Crippen LogP contribution in [0, 0.1) is 5.82 Å². The van der Waals surface area contributed by atoms with Crippen molar-refractivity contribution in [2.24, 2.45) is 0 Å². The van der Waals surface area contributed by atoms with Crippen LogP contribution in [0.15, 0.2) is 18.2 Å². The highest BCUT2D eigenvalue weighted by atomic mass is 35.5. The van der Waals surface area contributed by atoms with Gasteiger partial charge in [-0.25, -0.2) is 4.39 Å². The molecular weight excluding hydrogens is 257 g/mol. The predicted molar refractivity (Wildman–Crippen MR) is 69.0 cm³/mol. The molecule has 18 heavy (non-hydrogen) atoms. The van der Waals surface area contributed by atoms with Gasteiger partial charge in [-0.05, 0) is 31.2 Å². The molecule has 1 aromatic carbocycles. The van der Waals surface area contributed by atoms with Gasteiger partial charge in [0.25, 0.3) is 0 Å². The summed E-state index contributed by atoms with van der Waals surface area (Å²) in [5, 5.41) is 0.104. The molecule has 0 aromatic heterocycles. The Hall–Kier alpha value is -1.13. The number of rotatable bonds is 6. The average molecular weight is 274 g/mol. The summed E-state index contributed by atoms with van der Waals surface area (Å²) >= 11 is 5.61. The van der Waals surface area contributed by atoms with E-state index in [1.807, 2.05) is 11.8 Å². The largest absolute Gasteiger partial charge is 0.465 e. The molecule has 0 atom stereocenters. The fourth-order valence-electron chi connectivity index (χ4n) is 1.56. The SMILES string of the molecule is CCOC(=O)CN(CC)Cc1ccc(Cl)c(F)c1. The maximum absolute atomic E-state index is 13.3. The van der Waals surface area contributed by atoms with Crippen LogP contribution in [-0.4, -0.2) is 30.6 Å². The Morgan fingerprint density at radius 1 is 1.44 bits per heavy atom. The van der Waals surface area contributed by atoms with E-state index in [1.54, 1.807) is 13.0 Å². The van der Waals surface area contributed by atoms with Crippen LogP contribution in [0.3, 0.4) is 0 Å². The van der Waals surface area contributed by atoms with Crippen molar-refractivity contribution in [3.63, 3.8) is 0 Å². The second kappa shape index (κ2) is 7.34. The normalized spacial score (nSPS) is 10.7. The number of benzene rings is 1. The highest BCUT2D eigenvalue weighted by molar-refractivity contribution is 6.30. The molecule has 0 radical (unpaired) electrons. The van der Waals surface area contributed by atoms with E-state index >= 15 is 0 Å². The summed E-state index contributed by atoms with van der Waals surface area (Å²) in [5.74, 6) is -0.713. The third-order valence-electron chi connectivity index (χ3n) is 2.50. The fraction of sp³-hybridized carbons (Fsp3) is 0.462. The zero-order valence-electron chi connectivity index (χ0n) is 10.6. The molecule has 0 saturated heterocycles. The third kappa shape index (κ3) is 4.63. The Morgan fingerprint density at radius 3 is 2.72 bits per heavy atom. The quantitative estimate of drug-likeness (QED) is 0.747. The molecule has 0 spiro atoms. The number of halogens is 2. The van der Waals surface area contributed by atoms with Gasteiger partial charge in [0, 0.05) is 6.54 Å². The number of hydrogen-bond acceptors (Lipinski definition) is 3. The Kier molecular flexibility index (Phi) is 6.09. The number of nitrogens with zero attached hydrogens (tertiary/aromatic N) is 1. The summed E-state index contributed by atoms with van der Waals surface area (Å²) in [5.41, 5.74) is 0.781. The van der Waals surface area contributed by atoms with E-state index in [4.69, 9.17) is 16.3 Å². The summed E-state index contributed by atoms with van der Waals surface area (Å²) < 4.78 is 18.2. The lowest BCUT2D eigenvalue weighted by molar-refractivity contribution is -0.144. The van der Waals surface area contributed by atoms with Gasteiger partial charge >= 0.3 is 5.97 Å². The van der Waals surface area contributed by atoms with Crippen LogP contribution in [-0.2, 0) is 16.1 Å². The average Bonchev–Trinajstić information content (AvgIpc) is 2.33. The van der Waals surface area contributed by atoms with Gasteiger partial charge in [-0.3, -0.25) is 9.69 Å². The molecule has 0 aliphatic carbocycles. The monoisotopic (exact) mass is 273 g/mol. The smallest absolute Gasteiger partial charge is 0.320 e. The highest BCUT2D eigenvalue weighted by Crippen LogP contribution is 2.16. The number of esters is 1. The topological polar surface area (TPSA) is 29.5 Å². The first-order chi connectivity index (χ1) is 8.56. The molecule has 1 rings (SSSR count). The van der Waals surface area contributed by atoms with Gasteiger partial charge in [-0.2, -0.15) is 0 Å². The Balaban J connectivity index is 2.62. The molecule has 1 aromatic rings. The molecule has 0 N–H and O–H groups in total. The summed E-state index contributed by atoms with van der Waals surface area (Å²) in [4.78, 5) is 13.2. The fourth-order valence-corrected chi connectivity index (χ4v) is 1.68. The van der Waals surface area contributed by atoms with E-state index in [-0.39, 0.29) is 17.5 Å². The number of hydrogen-bond donors (Lipinski definition) is 0. The summed E-state index contributed by atoms with van der Waals surface area (Å²) in [7, 11) is 0. The van der Waals surface area contributed by atoms with E-state index < -0.39 is 5.82 Å². The van der Waals surface area contributed by atoms with Crippen molar-refractivity contribution in [3.05, 3.63) is 34.6 Å². The molecule has 0 saturated carbocycles. The van der Waals surface area contributed by atoms with Crippen molar-refractivity contribution in [3.8, 4) is 0 Å². The zero-order valence-corrected chi connectivity index (χ0v) is 11.3. The van der Waals surface area contributed by atoms with Crippen LogP contribution in [0.25, 0.3) is 0 Å². The molecule has 0 aliphatic rings. The van der Waals surface area contributed by atoms with E-state index in [9.17, 15) is 9.18 Å². The summed E-state index contributed by atoms with van der Waals surface area (Å²) in [6.45, 7) is 5.45. The van der Waals surface area contributed by atoms with Gasteiger partial charge in [0.05, 0.1) is 18.2 Å². The summed E-state index contributed by atoms with van der Waals surface area (Å²) in [6, 6.07) is 4.65. The lowest BCUT2D eigenvalue weighted by Crippen LogP contribution is -2.30. The van der Waals surface area contributed by atoms with Gasteiger partial charge < -0.3 is 4.74 Å². The van der Waals surface area contributed by atoms with E-state index in [2.05, 4.69) is 0 Å². The number of carbonyl (C=O) groups excluding carboxylic acids is 1. The van der Waals surface area contributed by atoms with Crippen molar-refractivity contribution in [2.45, 2.75) is 20.4 Å². The molecule has 0 aliphatic heterocycles. The third-order valence-corrected chi connectivity index (χ3v) is 2.80. The number of carbonyl (C=O) groups is 1. The van der Waals surface area contributed by atoms with Crippen LogP contribution in [0.2, 0.25) is 5.02 Å². The van der Waals surface area contributed by atoms with Crippen molar-refractivity contribution in [2.75, 3.05) is 19.7 Å². The standard InChI is InChI=1S/C13H17ClFNO2/c1-3-16(9-13(17)18-4-2)8-10-5-6-11(14)12(15)7-10/h5-7H,3-4,8-9H2,1-2H3. The van der Waals surface area contributed by atoms with E-state index in [1.165, 1.54) is 12.1 Å². The van der Waals surface area contributed by atoms with Gasteiger partial charge in [-0.15, -0.1) is 0 Å². The predicted octanol–water partition coefficient (Wildman–Crippen LogP) is 2.86.